The van der Waals surface area contributed by atoms with Gasteiger partial charge in [0.2, 0.25) is 5.91 Å². The molecular weight excluding hydrogens is 282 g/mol. The van der Waals surface area contributed by atoms with Gasteiger partial charge in [0.15, 0.2) is 0 Å². The molecule has 1 atom stereocenters. The number of aryl methyl sites for hydroxylation is 1. The van der Waals surface area contributed by atoms with E-state index in [2.05, 4.69) is 5.32 Å². The van der Waals surface area contributed by atoms with Crippen LogP contribution in [0.2, 0.25) is 0 Å². The summed E-state index contributed by atoms with van der Waals surface area (Å²) in [7, 11) is 1.59. The molecule has 120 valence electrons. The summed E-state index contributed by atoms with van der Waals surface area (Å²) < 4.78 is 5.33. The summed E-state index contributed by atoms with van der Waals surface area (Å²) in [6.45, 7) is 3.86. The lowest BCUT2D eigenvalue weighted by molar-refractivity contribution is -0.157. The van der Waals surface area contributed by atoms with Crippen LogP contribution in [0.25, 0.3) is 0 Å². The maximum absolute atomic E-state index is 12.2. The van der Waals surface area contributed by atoms with E-state index in [1.54, 1.807) is 7.11 Å². The largest absolute Gasteiger partial charge is 0.496 e. The van der Waals surface area contributed by atoms with Gasteiger partial charge in [-0.15, -0.1) is 0 Å². The zero-order valence-electron chi connectivity index (χ0n) is 13.3. The van der Waals surface area contributed by atoms with Gasteiger partial charge in [-0.3, -0.25) is 9.59 Å². The van der Waals surface area contributed by atoms with Crippen molar-refractivity contribution in [2.75, 3.05) is 7.11 Å². The Kier molecular flexibility index (Phi) is 4.74. The second-order valence-electron chi connectivity index (χ2n) is 6.15. The lowest BCUT2D eigenvalue weighted by Gasteiger charge is -2.37. The molecule has 1 amide bonds. The number of carbonyl (C=O) groups is 2. The van der Waals surface area contributed by atoms with Crippen LogP contribution in [0.3, 0.4) is 0 Å². The Morgan fingerprint density at radius 3 is 2.59 bits per heavy atom. The van der Waals surface area contributed by atoms with Crippen molar-refractivity contribution >= 4 is 11.9 Å². The molecule has 22 heavy (non-hydrogen) atoms. The number of rotatable bonds is 6. The van der Waals surface area contributed by atoms with E-state index in [0.29, 0.717) is 12.8 Å². The van der Waals surface area contributed by atoms with Gasteiger partial charge in [0.25, 0.3) is 0 Å². The van der Waals surface area contributed by atoms with Gasteiger partial charge in [-0.25, -0.2) is 0 Å². The first-order valence-electron chi connectivity index (χ1n) is 7.55. The highest BCUT2D eigenvalue weighted by atomic mass is 16.5. The monoisotopic (exact) mass is 305 g/mol. The zero-order valence-corrected chi connectivity index (χ0v) is 13.3. The van der Waals surface area contributed by atoms with E-state index in [-0.39, 0.29) is 18.4 Å². The molecule has 1 aliphatic carbocycles. The smallest absolute Gasteiger partial charge is 0.310 e. The van der Waals surface area contributed by atoms with Crippen molar-refractivity contribution in [3.63, 3.8) is 0 Å². The van der Waals surface area contributed by atoms with Crippen LogP contribution in [0.5, 0.6) is 5.75 Å². The molecule has 1 aliphatic rings. The Morgan fingerprint density at radius 1 is 1.41 bits per heavy atom. The fourth-order valence-electron chi connectivity index (χ4n) is 2.94. The molecule has 0 bridgehead atoms. The summed E-state index contributed by atoms with van der Waals surface area (Å²) in [5, 5.41) is 12.2. The highest BCUT2D eigenvalue weighted by Gasteiger charge is 2.46. The molecule has 0 aromatic heterocycles. The summed E-state index contributed by atoms with van der Waals surface area (Å²) in [5.41, 5.74) is 1.12. The second kappa shape index (κ2) is 6.38. The van der Waals surface area contributed by atoms with Crippen molar-refractivity contribution < 1.29 is 19.4 Å². The minimum absolute atomic E-state index is 0.0425. The summed E-state index contributed by atoms with van der Waals surface area (Å²) >= 11 is 0. The van der Waals surface area contributed by atoms with Crippen LogP contribution < -0.4 is 10.1 Å². The molecule has 5 heteroatoms. The molecule has 0 saturated heterocycles. The van der Waals surface area contributed by atoms with Crippen LogP contribution in [0, 0.1) is 12.3 Å². The molecule has 5 nitrogen and oxygen atoms in total. The normalized spacial score (nSPS) is 17.2. The number of hydrogen-bond donors (Lipinski definition) is 2. The van der Waals surface area contributed by atoms with E-state index in [1.807, 2.05) is 32.0 Å². The van der Waals surface area contributed by atoms with Crippen LogP contribution in [-0.4, -0.2) is 24.1 Å². The molecule has 0 radical (unpaired) electrons. The molecule has 0 aliphatic heterocycles. The summed E-state index contributed by atoms with van der Waals surface area (Å²) in [4.78, 5) is 23.5. The summed E-state index contributed by atoms with van der Waals surface area (Å²) in [5.74, 6) is -0.372. The third kappa shape index (κ3) is 3.24. The summed E-state index contributed by atoms with van der Waals surface area (Å²) in [6, 6.07) is 5.57. The number of hydrogen-bond acceptors (Lipinski definition) is 3. The number of ether oxygens (including phenoxy) is 1. The molecular formula is C17H23NO4. The highest BCUT2D eigenvalue weighted by molar-refractivity contribution is 5.85. The van der Waals surface area contributed by atoms with Gasteiger partial charge >= 0.3 is 5.97 Å². The Labute approximate surface area is 130 Å². The quantitative estimate of drug-likeness (QED) is 0.847. The SMILES string of the molecule is COc1ccc(C)cc1C(C)NC(=O)CC1(C(=O)O)CCC1. The van der Waals surface area contributed by atoms with E-state index in [1.165, 1.54) is 0 Å². The van der Waals surface area contributed by atoms with Gasteiger partial charge in [-0.2, -0.15) is 0 Å². The lowest BCUT2D eigenvalue weighted by atomic mass is 9.66. The Morgan fingerprint density at radius 2 is 2.09 bits per heavy atom. The van der Waals surface area contributed by atoms with Crippen molar-refractivity contribution in [1.29, 1.82) is 0 Å². The van der Waals surface area contributed by atoms with Crippen molar-refractivity contribution in [3.05, 3.63) is 29.3 Å². The second-order valence-corrected chi connectivity index (χ2v) is 6.15. The molecule has 1 saturated carbocycles. The van der Waals surface area contributed by atoms with Crippen molar-refractivity contribution in [3.8, 4) is 5.75 Å². The predicted molar refractivity (Wildman–Crippen MR) is 82.8 cm³/mol. The van der Waals surface area contributed by atoms with Crippen LogP contribution in [-0.2, 0) is 9.59 Å². The van der Waals surface area contributed by atoms with Crippen molar-refractivity contribution in [1.82, 2.24) is 5.32 Å². The van der Waals surface area contributed by atoms with E-state index < -0.39 is 11.4 Å². The van der Waals surface area contributed by atoms with E-state index in [4.69, 9.17) is 4.74 Å². The average molecular weight is 305 g/mol. The van der Waals surface area contributed by atoms with Gasteiger partial charge in [-0.1, -0.05) is 24.1 Å². The number of benzene rings is 1. The van der Waals surface area contributed by atoms with Crippen LogP contribution >= 0.6 is 0 Å². The third-order valence-electron chi connectivity index (χ3n) is 4.49. The average Bonchev–Trinajstić information content (AvgIpc) is 2.42. The van der Waals surface area contributed by atoms with Crippen molar-refractivity contribution in [2.24, 2.45) is 5.41 Å². The number of aliphatic carboxylic acids is 1. The van der Waals surface area contributed by atoms with Crippen molar-refractivity contribution in [2.45, 2.75) is 45.6 Å². The van der Waals surface area contributed by atoms with Gasteiger partial charge in [0.05, 0.1) is 18.6 Å². The maximum atomic E-state index is 12.2. The Bertz CT molecular complexity index is 578. The molecule has 0 spiro atoms. The minimum atomic E-state index is -0.866. The first kappa shape index (κ1) is 16.3. The van der Waals surface area contributed by atoms with Crippen LogP contribution in [0.1, 0.15) is 49.8 Å². The fraction of sp³-hybridized carbons (Fsp3) is 0.529. The molecule has 1 fully saturated rings. The third-order valence-corrected chi connectivity index (χ3v) is 4.49. The van der Waals surface area contributed by atoms with Gasteiger partial charge < -0.3 is 15.2 Å². The Hall–Kier alpha value is -2.04. The number of nitrogens with one attached hydrogen (secondary N) is 1. The first-order valence-corrected chi connectivity index (χ1v) is 7.55. The highest BCUT2D eigenvalue weighted by Crippen LogP contribution is 2.44. The Balaban J connectivity index is 2.05. The molecule has 1 aromatic carbocycles. The lowest BCUT2D eigenvalue weighted by Crippen LogP contribution is -2.43. The van der Waals surface area contributed by atoms with E-state index >= 15 is 0 Å². The van der Waals surface area contributed by atoms with Crippen LogP contribution in [0.15, 0.2) is 18.2 Å². The minimum Gasteiger partial charge on any atom is -0.496 e. The first-order chi connectivity index (χ1) is 10.4. The zero-order chi connectivity index (χ0) is 16.3. The standard InChI is InChI=1S/C17H23NO4/c1-11-5-6-14(22-3)13(9-11)12(2)18-15(19)10-17(16(20)21)7-4-8-17/h5-6,9,12H,4,7-8,10H2,1-3H3,(H,18,19)(H,20,21). The molecule has 1 unspecified atom stereocenters. The van der Waals surface area contributed by atoms with Crippen LogP contribution in [0.4, 0.5) is 0 Å². The maximum Gasteiger partial charge on any atom is 0.310 e. The van der Waals surface area contributed by atoms with Gasteiger partial charge in [0, 0.05) is 12.0 Å². The topological polar surface area (TPSA) is 75.6 Å². The predicted octanol–water partition coefficient (Wildman–Crippen LogP) is 2.83. The molecule has 2 rings (SSSR count). The number of carboxylic acid groups (broad SMARTS) is 1. The van der Waals surface area contributed by atoms with E-state index in [0.717, 1.165) is 23.3 Å². The summed E-state index contributed by atoms with van der Waals surface area (Å²) in [6.07, 6.45) is 2.08. The number of amides is 1. The molecule has 1 aromatic rings. The van der Waals surface area contributed by atoms with E-state index in [9.17, 15) is 14.7 Å². The molecule has 0 heterocycles. The number of carboxylic acids is 1. The fourth-order valence-corrected chi connectivity index (χ4v) is 2.94. The number of methoxy groups -OCH3 is 1. The van der Waals surface area contributed by atoms with Gasteiger partial charge in [0.1, 0.15) is 5.75 Å². The molecule has 2 N–H and O–H groups in total. The number of carbonyl (C=O) groups excluding carboxylic acids is 1. The van der Waals surface area contributed by atoms with Gasteiger partial charge in [-0.05, 0) is 32.8 Å².